The van der Waals surface area contributed by atoms with Gasteiger partial charge in [-0.15, -0.1) is 0 Å². The summed E-state index contributed by atoms with van der Waals surface area (Å²) in [7, 11) is 0. The lowest BCUT2D eigenvalue weighted by atomic mass is 9.83. The van der Waals surface area contributed by atoms with E-state index < -0.39 is 0 Å². The van der Waals surface area contributed by atoms with Crippen LogP contribution in [-0.2, 0) is 17.8 Å². The van der Waals surface area contributed by atoms with Crippen LogP contribution in [-0.4, -0.2) is 23.1 Å². The third-order valence-corrected chi connectivity index (χ3v) is 5.58. The molecule has 2 N–H and O–H groups in total. The fourth-order valence-electron chi connectivity index (χ4n) is 4.49. The molecule has 1 saturated carbocycles. The minimum absolute atomic E-state index is 0.250. The molecule has 2 fully saturated rings. The highest BCUT2D eigenvalue weighted by molar-refractivity contribution is 5.46. The summed E-state index contributed by atoms with van der Waals surface area (Å²) in [6.45, 7) is 3.17. The Balaban J connectivity index is 1.36. The molecule has 3 nitrogen and oxygen atoms in total. The van der Waals surface area contributed by atoms with Crippen LogP contribution in [0.5, 0.6) is 0 Å². The molecular formula is C18H26N2O. The summed E-state index contributed by atoms with van der Waals surface area (Å²) in [4.78, 5) is 2.52. The van der Waals surface area contributed by atoms with E-state index in [1.54, 1.807) is 0 Å². The fourth-order valence-corrected chi connectivity index (χ4v) is 4.49. The number of nitrogen functional groups attached to an aromatic ring is 1. The topological polar surface area (TPSA) is 38.5 Å². The largest absolute Gasteiger partial charge is 0.399 e. The van der Waals surface area contributed by atoms with E-state index in [-0.39, 0.29) is 5.60 Å². The van der Waals surface area contributed by atoms with Crippen molar-refractivity contribution in [3.8, 4) is 0 Å². The molecule has 4 rings (SSSR count). The zero-order valence-corrected chi connectivity index (χ0v) is 12.8. The summed E-state index contributed by atoms with van der Waals surface area (Å²) in [6.07, 6.45) is 9.68. The molecule has 1 aliphatic carbocycles. The van der Waals surface area contributed by atoms with Crippen molar-refractivity contribution in [1.29, 1.82) is 0 Å². The van der Waals surface area contributed by atoms with Crippen LogP contribution in [0.1, 0.15) is 56.1 Å². The molecule has 0 aromatic heterocycles. The Hall–Kier alpha value is -1.06. The van der Waals surface area contributed by atoms with Crippen molar-refractivity contribution < 1.29 is 4.74 Å². The van der Waals surface area contributed by atoms with Gasteiger partial charge in [-0.25, -0.2) is 0 Å². The molecule has 3 aliphatic rings. The van der Waals surface area contributed by atoms with Crippen molar-refractivity contribution in [2.75, 3.05) is 12.3 Å². The number of hydrogen-bond acceptors (Lipinski definition) is 3. The minimum atomic E-state index is 0.250. The summed E-state index contributed by atoms with van der Waals surface area (Å²) in [5, 5.41) is 0. The van der Waals surface area contributed by atoms with E-state index in [1.165, 1.54) is 56.1 Å². The summed E-state index contributed by atoms with van der Waals surface area (Å²) in [6, 6.07) is 6.34. The van der Waals surface area contributed by atoms with Crippen molar-refractivity contribution >= 4 is 5.69 Å². The normalized spacial score (nSPS) is 28.1. The summed E-state index contributed by atoms with van der Waals surface area (Å²) < 4.78 is 6.51. The Kier molecular flexibility index (Phi) is 3.43. The number of benzene rings is 1. The van der Waals surface area contributed by atoms with Crippen molar-refractivity contribution in [3.63, 3.8) is 0 Å². The van der Waals surface area contributed by atoms with Crippen LogP contribution in [0.25, 0.3) is 0 Å². The minimum Gasteiger partial charge on any atom is -0.399 e. The van der Waals surface area contributed by atoms with Gasteiger partial charge in [-0.1, -0.05) is 25.3 Å². The van der Waals surface area contributed by atoms with Gasteiger partial charge < -0.3 is 10.5 Å². The molecule has 0 bridgehead atoms. The lowest BCUT2D eigenvalue weighted by molar-refractivity contribution is -0.0722. The zero-order valence-electron chi connectivity index (χ0n) is 12.8. The molecule has 0 radical (unpaired) electrons. The number of nitrogens with two attached hydrogens (primary N) is 1. The van der Waals surface area contributed by atoms with Crippen LogP contribution >= 0.6 is 0 Å². The molecule has 1 spiro atoms. The van der Waals surface area contributed by atoms with Crippen molar-refractivity contribution in [3.05, 3.63) is 29.3 Å². The number of anilines is 1. The van der Waals surface area contributed by atoms with Gasteiger partial charge in [0.1, 0.15) is 0 Å². The molecule has 114 valence electrons. The Bertz CT molecular complexity index is 522. The van der Waals surface area contributed by atoms with Gasteiger partial charge in [-0.3, -0.25) is 4.90 Å². The molecule has 1 unspecified atom stereocenters. The Morgan fingerprint density at radius 2 is 1.90 bits per heavy atom. The Morgan fingerprint density at radius 3 is 2.76 bits per heavy atom. The number of ether oxygens (including phenoxy) is 1. The van der Waals surface area contributed by atoms with E-state index in [0.717, 1.165) is 25.3 Å². The molecule has 21 heavy (non-hydrogen) atoms. The van der Waals surface area contributed by atoms with Crippen LogP contribution in [0, 0.1) is 0 Å². The van der Waals surface area contributed by atoms with E-state index in [9.17, 15) is 0 Å². The highest BCUT2D eigenvalue weighted by atomic mass is 16.5. The van der Waals surface area contributed by atoms with E-state index in [1.807, 2.05) is 6.07 Å². The average molecular weight is 286 g/mol. The molecule has 1 aromatic rings. The molecule has 3 heteroatoms. The van der Waals surface area contributed by atoms with Gasteiger partial charge in [0, 0.05) is 25.3 Å². The number of rotatable bonds is 2. The smallest absolute Gasteiger partial charge is 0.0710 e. The first kappa shape index (κ1) is 13.6. The van der Waals surface area contributed by atoms with Gasteiger partial charge >= 0.3 is 0 Å². The van der Waals surface area contributed by atoms with Gasteiger partial charge in [0.05, 0.1) is 11.7 Å². The molecule has 2 heterocycles. The summed E-state index contributed by atoms with van der Waals surface area (Å²) >= 11 is 0. The fraction of sp³-hybridized carbons (Fsp3) is 0.667. The Labute approximate surface area is 127 Å². The van der Waals surface area contributed by atoms with Crippen LogP contribution in [0.3, 0.4) is 0 Å². The van der Waals surface area contributed by atoms with Crippen molar-refractivity contribution in [2.24, 2.45) is 0 Å². The quantitative estimate of drug-likeness (QED) is 0.846. The zero-order chi connectivity index (χ0) is 14.3. The molecule has 1 saturated heterocycles. The number of fused-ring (bicyclic) bond motifs is 1. The summed E-state index contributed by atoms with van der Waals surface area (Å²) in [5.74, 6) is 0. The molecular weight excluding hydrogens is 260 g/mol. The van der Waals surface area contributed by atoms with Gasteiger partial charge in [-0.05, 0) is 48.9 Å². The van der Waals surface area contributed by atoms with Crippen LogP contribution in [0.4, 0.5) is 5.69 Å². The van der Waals surface area contributed by atoms with Crippen LogP contribution in [0.2, 0.25) is 0 Å². The third kappa shape index (κ3) is 2.69. The Morgan fingerprint density at radius 1 is 1.10 bits per heavy atom. The van der Waals surface area contributed by atoms with Crippen molar-refractivity contribution in [2.45, 2.75) is 69.7 Å². The standard InChI is InChI=1S/C18H26N2O/c19-16-5-4-14-11-20(12-15(14)10-16)13-17-6-9-18(21-17)7-2-1-3-8-18/h4-5,10,17H,1-3,6-9,11-13,19H2. The maximum absolute atomic E-state index is 6.51. The monoisotopic (exact) mass is 286 g/mol. The maximum Gasteiger partial charge on any atom is 0.0710 e. The van der Waals surface area contributed by atoms with Crippen LogP contribution in [0.15, 0.2) is 18.2 Å². The average Bonchev–Trinajstić information content (AvgIpc) is 3.04. The number of hydrogen-bond donors (Lipinski definition) is 1. The highest BCUT2D eigenvalue weighted by Crippen LogP contribution is 2.42. The van der Waals surface area contributed by atoms with E-state index in [0.29, 0.717) is 6.10 Å². The van der Waals surface area contributed by atoms with E-state index >= 15 is 0 Å². The number of nitrogens with zero attached hydrogens (tertiary/aromatic N) is 1. The van der Waals surface area contributed by atoms with Gasteiger partial charge in [0.15, 0.2) is 0 Å². The second kappa shape index (κ2) is 5.29. The highest BCUT2D eigenvalue weighted by Gasteiger charge is 2.41. The molecule has 1 atom stereocenters. The first-order chi connectivity index (χ1) is 10.2. The second-order valence-corrected chi connectivity index (χ2v) is 7.22. The van der Waals surface area contributed by atoms with Crippen LogP contribution < -0.4 is 5.73 Å². The SMILES string of the molecule is Nc1ccc2c(c1)CN(CC1CCC3(CCCCC3)O1)C2. The van der Waals surface area contributed by atoms with E-state index in [4.69, 9.17) is 10.5 Å². The lowest BCUT2D eigenvalue weighted by Crippen LogP contribution is -2.35. The van der Waals surface area contributed by atoms with Gasteiger partial charge in [-0.2, -0.15) is 0 Å². The molecule has 2 aliphatic heterocycles. The molecule has 1 aromatic carbocycles. The van der Waals surface area contributed by atoms with Gasteiger partial charge in [0.25, 0.3) is 0 Å². The predicted molar refractivity (Wildman–Crippen MR) is 84.9 cm³/mol. The molecule has 0 amide bonds. The van der Waals surface area contributed by atoms with Crippen molar-refractivity contribution in [1.82, 2.24) is 4.90 Å². The maximum atomic E-state index is 6.51. The first-order valence-corrected chi connectivity index (χ1v) is 8.50. The summed E-state index contributed by atoms with van der Waals surface area (Å²) in [5.41, 5.74) is 9.87. The predicted octanol–water partition coefficient (Wildman–Crippen LogP) is 3.47. The first-order valence-electron chi connectivity index (χ1n) is 8.50. The third-order valence-electron chi connectivity index (χ3n) is 5.58. The van der Waals surface area contributed by atoms with Gasteiger partial charge in [0.2, 0.25) is 0 Å². The van der Waals surface area contributed by atoms with E-state index in [2.05, 4.69) is 17.0 Å². The lowest BCUT2D eigenvalue weighted by Gasteiger charge is -2.34. The second-order valence-electron chi connectivity index (χ2n) is 7.22.